The number of nitriles is 1. The molecule has 3 aromatic heterocycles. The van der Waals surface area contributed by atoms with Crippen LogP contribution in [-0.2, 0) is 37.7 Å². The Morgan fingerprint density at radius 2 is 2.00 bits per heavy atom. The second-order valence-electron chi connectivity index (χ2n) is 8.15. The number of benzene rings is 1. The summed E-state index contributed by atoms with van der Waals surface area (Å²) in [7, 11) is 1.56. The Bertz CT molecular complexity index is 1540. The van der Waals surface area contributed by atoms with Crippen LogP contribution < -0.4 is 4.90 Å². The molecule has 0 radical (unpaired) electrons. The molecule has 0 bridgehead atoms. The Kier molecular flexibility index (Phi) is 5.86. The van der Waals surface area contributed by atoms with Gasteiger partial charge < -0.3 is 4.74 Å². The fourth-order valence-electron chi connectivity index (χ4n) is 4.10. The summed E-state index contributed by atoms with van der Waals surface area (Å²) in [5, 5.41) is 14.6. The zero-order valence-electron chi connectivity index (χ0n) is 18.7. The highest BCUT2D eigenvalue weighted by atomic mass is 35.5. The van der Waals surface area contributed by atoms with E-state index in [0.717, 1.165) is 34.8 Å². The lowest BCUT2D eigenvalue weighted by Crippen LogP contribution is -2.32. The molecule has 0 spiro atoms. The van der Waals surface area contributed by atoms with Crippen molar-refractivity contribution in [2.75, 3.05) is 4.90 Å². The number of aryl methyl sites for hydroxylation is 1. The number of hydrogen-bond acceptors (Lipinski definition) is 6. The van der Waals surface area contributed by atoms with Crippen molar-refractivity contribution in [3.63, 3.8) is 0 Å². The Morgan fingerprint density at radius 3 is 2.67 bits per heavy atom. The fraction of sp³-hybridized carbons (Fsp3) is 0.208. The van der Waals surface area contributed by atoms with Crippen molar-refractivity contribution in [1.82, 2.24) is 19.7 Å². The molecule has 1 aromatic carbocycles. The van der Waals surface area contributed by atoms with Crippen LogP contribution in [0.25, 0.3) is 10.9 Å². The average Bonchev–Trinajstić information content (AvgIpc) is 3.49. The van der Waals surface area contributed by atoms with Crippen LogP contribution in [0.1, 0.15) is 38.4 Å². The van der Waals surface area contributed by atoms with E-state index in [1.54, 1.807) is 13.1 Å². The van der Waals surface area contributed by atoms with Crippen LogP contribution in [0.4, 0.5) is 19.0 Å². The van der Waals surface area contributed by atoms with Gasteiger partial charge >= 0.3 is 6.18 Å². The quantitative estimate of drug-likeness (QED) is 0.365. The normalized spacial score (nSPS) is 13.0. The van der Waals surface area contributed by atoms with Crippen LogP contribution in [-0.4, -0.2) is 25.7 Å². The van der Waals surface area contributed by atoms with Crippen LogP contribution >= 0.6 is 11.6 Å². The average molecular weight is 513 g/mol. The fourth-order valence-corrected chi connectivity index (χ4v) is 4.36. The maximum atomic E-state index is 13.5. The minimum atomic E-state index is -4.63. The number of carbonyl (C=O) groups is 1. The topological polar surface area (TPSA) is 96.9 Å². The second-order valence-corrected chi connectivity index (χ2v) is 8.51. The van der Waals surface area contributed by atoms with Crippen LogP contribution in [0.5, 0.6) is 0 Å². The van der Waals surface area contributed by atoms with Gasteiger partial charge in [-0.2, -0.15) is 23.5 Å². The molecule has 1 aliphatic heterocycles. The van der Waals surface area contributed by atoms with Crippen LogP contribution in [0.2, 0.25) is 5.15 Å². The Balaban J connectivity index is 1.54. The van der Waals surface area contributed by atoms with Gasteiger partial charge in [0.25, 0.3) is 5.91 Å². The summed E-state index contributed by atoms with van der Waals surface area (Å²) in [6.45, 7) is 0.835. The van der Waals surface area contributed by atoms with E-state index in [2.05, 4.69) is 15.1 Å². The summed E-state index contributed by atoms with van der Waals surface area (Å²) in [6.07, 6.45) is -3.75. The van der Waals surface area contributed by atoms with Crippen molar-refractivity contribution in [2.24, 2.45) is 7.05 Å². The van der Waals surface area contributed by atoms with Crippen molar-refractivity contribution < 1.29 is 22.7 Å². The van der Waals surface area contributed by atoms with Gasteiger partial charge in [-0.05, 0) is 29.3 Å². The molecule has 5 rings (SSSR count). The van der Waals surface area contributed by atoms with Crippen molar-refractivity contribution in [3.8, 4) is 6.07 Å². The third-order valence-electron chi connectivity index (χ3n) is 5.84. The first kappa shape index (κ1) is 23.7. The summed E-state index contributed by atoms with van der Waals surface area (Å²) in [5.41, 5.74) is 2.03. The Morgan fingerprint density at radius 1 is 1.22 bits per heavy atom. The molecule has 1 aliphatic rings. The van der Waals surface area contributed by atoms with Crippen molar-refractivity contribution >= 4 is 34.2 Å². The van der Waals surface area contributed by atoms with Gasteiger partial charge in [-0.25, -0.2) is 4.98 Å². The third-order valence-corrected chi connectivity index (χ3v) is 6.16. The molecule has 182 valence electrons. The number of alkyl halides is 3. The van der Waals surface area contributed by atoms with E-state index in [1.807, 2.05) is 18.2 Å². The number of halogens is 4. The van der Waals surface area contributed by atoms with E-state index >= 15 is 0 Å². The summed E-state index contributed by atoms with van der Waals surface area (Å²) >= 11 is 6.33. The van der Waals surface area contributed by atoms with E-state index in [1.165, 1.54) is 15.6 Å². The zero-order chi connectivity index (χ0) is 25.6. The lowest BCUT2D eigenvalue weighted by molar-refractivity contribution is -0.141. The third kappa shape index (κ3) is 4.25. The number of fused-ring (bicyclic) bond motifs is 3. The molecular formula is C24H16ClF3N6O2. The number of amides is 1. The highest BCUT2D eigenvalue weighted by Crippen LogP contribution is 2.33. The summed E-state index contributed by atoms with van der Waals surface area (Å²) in [4.78, 5) is 22.6. The standard InChI is InChI=1S/C24H16ClF3N6O2/c1-33-21(7-15(8-29)32-33)34(23(35)14-3-5-20(30-9-14)24(26,27)28)10-13-2-4-16-17-11-36-12-18(17)22(25)31-19(16)6-13/h2-7,9H,10-12H2,1H3. The van der Waals surface area contributed by atoms with Gasteiger partial charge in [-0.15, -0.1) is 0 Å². The van der Waals surface area contributed by atoms with Gasteiger partial charge in [-0.3, -0.25) is 19.4 Å². The maximum Gasteiger partial charge on any atom is 0.433 e. The second kappa shape index (κ2) is 8.89. The van der Waals surface area contributed by atoms with Crippen LogP contribution in [0.15, 0.2) is 42.6 Å². The molecule has 0 unspecified atom stereocenters. The van der Waals surface area contributed by atoms with Gasteiger partial charge in [0, 0.05) is 30.3 Å². The first-order chi connectivity index (χ1) is 17.2. The highest BCUT2D eigenvalue weighted by molar-refractivity contribution is 6.30. The minimum absolute atomic E-state index is 0.0209. The van der Waals surface area contributed by atoms with Crippen molar-refractivity contribution in [2.45, 2.75) is 25.9 Å². The Labute approximate surface area is 207 Å². The highest BCUT2D eigenvalue weighted by Gasteiger charge is 2.33. The zero-order valence-corrected chi connectivity index (χ0v) is 19.4. The van der Waals surface area contributed by atoms with Crippen LogP contribution in [0.3, 0.4) is 0 Å². The molecule has 4 aromatic rings. The number of hydrogen-bond donors (Lipinski definition) is 0. The molecule has 0 aliphatic carbocycles. The first-order valence-electron chi connectivity index (χ1n) is 10.6. The monoisotopic (exact) mass is 512 g/mol. The molecule has 0 saturated carbocycles. The predicted octanol–water partition coefficient (Wildman–Crippen LogP) is 4.78. The summed E-state index contributed by atoms with van der Waals surface area (Å²) < 4.78 is 45.7. The summed E-state index contributed by atoms with van der Waals surface area (Å²) in [6, 6.07) is 10.6. The number of aromatic nitrogens is 4. The van der Waals surface area contributed by atoms with E-state index in [0.29, 0.717) is 29.4 Å². The molecule has 0 N–H and O–H groups in total. The molecule has 0 atom stereocenters. The lowest BCUT2D eigenvalue weighted by atomic mass is 10.0. The number of nitrogens with zero attached hydrogens (tertiary/aromatic N) is 6. The molecule has 1 amide bonds. The molecule has 4 heterocycles. The first-order valence-corrected chi connectivity index (χ1v) is 11.0. The number of pyridine rings is 2. The number of rotatable bonds is 4. The van der Waals surface area contributed by atoms with E-state index in [-0.39, 0.29) is 23.6 Å². The molecule has 8 nitrogen and oxygen atoms in total. The predicted molar refractivity (Wildman–Crippen MR) is 123 cm³/mol. The molecule has 0 fully saturated rings. The minimum Gasteiger partial charge on any atom is -0.372 e. The van der Waals surface area contributed by atoms with Gasteiger partial charge in [0.1, 0.15) is 22.7 Å². The van der Waals surface area contributed by atoms with Crippen molar-refractivity contribution in [3.05, 3.63) is 81.4 Å². The molecule has 12 heteroatoms. The largest absolute Gasteiger partial charge is 0.433 e. The molecule has 36 heavy (non-hydrogen) atoms. The maximum absolute atomic E-state index is 13.5. The van der Waals surface area contributed by atoms with Crippen molar-refractivity contribution in [1.29, 1.82) is 5.26 Å². The van der Waals surface area contributed by atoms with Crippen LogP contribution in [0, 0.1) is 11.3 Å². The molecular weight excluding hydrogens is 497 g/mol. The van der Waals surface area contributed by atoms with Gasteiger partial charge in [0.2, 0.25) is 0 Å². The number of anilines is 1. The van der Waals surface area contributed by atoms with Gasteiger partial charge in [0.05, 0.1) is 30.8 Å². The van der Waals surface area contributed by atoms with E-state index < -0.39 is 17.8 Å². The molecule has 0 saturated heterocycles. The smallest absolute Gasteiger partial charge is 0.372 e. The summed E-state index contributed by atoms with van der Waals surface area (Å²) in [5.74, 6) is -0.331. The number of carbonyl (C=O) groups excluding carboxylic acids is 1. The van der Waals surface area contributed by atoms with E-state index in [4.69, 9.17) is 16.3 Å². The number of ether oxygens (including phenoxy) is 1. The lowest BCUT2D eigenvalue weighted by Gasteiger charge is -2.23. The van der Waals surface area contributed by atoms with Gasteiger partial charge in [0.15, 0.2) is 5.69 Å². The van der Waals surface area contributed by atoms with E-state index in [9.17, 15) is 23.2 Å². The SMILES string of the molecule is Cn1nc(C#N)cc1N(Cc1ccc2c3c(c(Cl)nc2c1)COC3)C(=O)c1ccc(C(F)(F)F)nc1. The Hall–Kier alpha value is -4.01. The van der Waals surface area contributed by atoms with Gasteiger partial charge in [-0.1, -0.05) is 23.7 Å².